The molecule has 3 heteroatoms. The van der Waals surface area contributed by atoms with Crippen molar-refractivity contribution >= 4 is 11.4 Å². The predicted octanol–water partition coefficient (Wildman–Crippen LogP) is 1.64. The Morgan fingerprint density at radius 3 is 2.47 bits per heavy atom. The number of benzene rings is 1. The van der Waals surface area contributed by atoms with Crippen LogP contribution in [0.1, 0.15) is 13.3 Å². The fourth-order valence-electron chi connectivity index (χ4n) is 2.10. The van der Waals surface area contributed by atoms with E-state index >= 15 is 0 Å². The van der Waals surface area contributed by atoms with E-state index in [2.05, 4.69) is 41.0 Å². The van der Waals surface area contributed by atoms with E-state index in [0.29, 0.717) is 0 Å². The average Bonchev–Trinajstić information content (AvgIpc) is 2.65. The van der Waals surface area contributed by atoms with Crippen molar-refractivity contribution in [3.05, 3.63) is 24.3 Å². The number of hydrogen-bond donors (Lipinski definition) is 1. The van der Waals surface area contributed by atoms with Crippen molar-refractivity contribution in [3.63, 3.8) is 0 Å². The van der Waals surface area contributed by atoms with Crippen LogP contribution < -0.4 is 15.5 Å². The number of anilines is 2. The lowest BCUT2D eigenvalue weighted by molar-refractivity contribution is 0.734. The van der Waals surface area contributed by atoms with Crippen molar-refractivity contribution in [2.75, 3.05) is 36.1 Å². The molecule has 0 aromatic heterocycles. The van der Waals surface area contributed by atoms with Crippen molar-refractivity contribution < 1.29 is 0 Å². The van der Waals surface area contributed by atoms with Gasteiger partial charge in [0.05, 0.1) is 18.0 Å². The largest absolute Gasteiger partial charge is 0.352 e. The van der Waals surface area contributed by atoms with Crippen LogP contribution in [0.25, 0.3) is 0 Å². The lowest BCUT2D eigenvalue weighted by atomic mass is 10.2. The summed E-state index contributed by atoms with van der Waals surface area (Å²) in [6, 6.07) is 8.60. The molecule has 15 heavy (non-hydrogen) atoms. The molecule has 82 valence electrons. The van der Waals surface area contributed by atoms with Gasteiger partial charge in [0.15, 0.2) is 0 Å². The maximum atomic E-state index is 5.55. The first-order chi connectivity index (χ1) is 7.36. The summed E-state index contributed by atoms with van der Waals surface area (Å²) in [5.41, 5.74) is 8.27. The highest BCUT2D eigenvalue weighted by Gasteiger charge is 2.23. The van der Waals surface area contributed by atoms with Gasteiger partial charge in [-0.1, -0.05) is 12.1 Å². The van der Waals surface area contributed by atoms with Gasteiger partial charge in [0, 0.05) is 13.1 Å². The molecule has 0 aliphatic carbocycles. The van der Waals surface area contributed by atoms with Gasteiger partial charge < -0.3 is 15.5 Å². The Bertz CT molecular complexity index is 324. The number of nitrogens with two attached hydrogens (primary N) is 1. The second-order valence-corrected chi connectivity index (χ2v) is 3.89. The normalized spacial score (nSPS) is 14.5. The van der Waals surface area contributed by atoms with Gasteiger partial charge in [-0.3, -0.25) is 0 Å². The van der Waals surface area contributed by atoms with Gasteiger partial charge in [-0.2, -0.15) is 0 Å². The van der Waals surface area contributed by atoms with E-state index in [1.807, 2.05) is 0 Å². The highest BCUT2D eigenvalue weighted by Crippen LogP contribution is 2.34. The van der Waals surface area contributed by atoms with Crippen LogP contribution in [-0.4, -0.2) is 26.3 Å². The molecule has 0 radical (unpaired) electrons. The zero-order valence-electron chi connectivity index (χ0n) is 9.32. The fourth-order valence-corrected chi connectivity index (χ4v) is 2.10. The summed E-state index contributed by atoms with van der Waals surface area (Å²) in [7, 11) is 0. The van der Waals surface area contributed by atoms with Crippen molar-refractivity contribution in [2.45, 2.75) is 13.3 Å². The monoisotopic (exact) mass is 205 g/mol. The number of nitrogens with zero attached hydrogens (tertiary/aromatic N) is 2. The Morgan fingerprint density at radius 1 is 1.20 bits per heavy atom. The first-order valence-electron chi connectivity index (χ1n) is 5.65. The Kier molecular flexibility index (Phi) is 3.11. The molecular formula is C12H19N3. The minimum atomic E-state index is 0.769. The zero-order chi connectivity index (χ0) is 10.7. The number of para-hydroxylation sites is 2. The van der Waals surface area contributed by atoms with Crippen LogP contribution in [0, 0.1) is 0 Å². The highest BCUT2D eigenvalue weighted by molar-refractivity contribution is 5.76. The molecule has 2 rings (SSSR count). The summed E-state index contributed by atoms with van der Waals surface area (Å²) in [5, 5.41) is 0. The smallest absolute Gasteiger partial charge is 0.0904 e. The molecule has 1 aliphatic heterocycles. The summed E-state index contributed by atoms with van der Waals surface area (Å²) in [4.78, 5) is 4.80. The van der Waals surface area contributed by atoms with Crippen LogP contribution >= 0.6 is 0 Å². The van der Waals surface area contributed by atoms with Crippen molar-refractivity contribution in [1.82, 2.24) is 0 Å². The van der Waals surface area contributed by atoms with E-state index in [9.17, 15) is 0 Å². The number of rotatable bonds is 4. The van der Waals surface area contributed by atoms with Crippen LogP contribution in [0.2, 0.25) is 0 Å². The van der Waals surface area contributed by atoms with Crippen LogP contribution in [-0.2, 0) is 0 Å². The van der Waals surface area contributed by atoms with Gasteiger partial charge in [-0.15, -0.1) is 0 Å². The van der Waals surface area contributed by atoms with E-state index in [4.69, 9.17) is 5.73 Å². The molecule has 0 saturated carbocycles. The minimum absolute atomic E-state index is 0.769. The first kappa shape index (κ1) is 10.3. The minimum Gasteiger partial charge on any atom is -0.352 e. The van der Waals surface area contributed by atoms with E-state index in [-0.39, 0.29) is 0 Å². The topological polar surface area (TPSA) is 32.5 Å². The van der Waals surface area contributed by atoms with Crippen molar-refractivity contribution in [3.8, 4) is 0 Å². The Labute approximate surface area is 91.5 Å². The average molecular weight is 205 g/mol. The molecule has 0 fully saturated rings. The predicted molar refractivity (Wildman–Crippen MR) is 65.3 cm³/mol. The lowest BCUT2D eigenvalue weighted by Crippen LogP contribution is -2.32. The molecule has 0 saturated heterocycles. The second kappa shape index (κ2) is 4.53. The lowest BCUT2D eigenvalue weighted by Gasteiger charge is -2.20. The molecule has 0 atom stereocenters. The molecule has 0 bridgehead atoms. The van der Waals surface area contributed by atoms with Crippen LogP contribution in [0.3, 0.4) is 0 Å². The van der Waals surface area contributed by atoms with E-state index in [1.165, 1.54) is 11.4 Å². The molecule has 1 heterocycles. The standard InChI is InChI=1S/C12H19N3/c1-2-14-10-15(9-5-8-13)12-7-4-3-6-11(12)14/h3-4,6-7H,2,5,8-10,13H2,1H3. The van der Waals surface area contributed by atoms with Gasteiger partial charge in [-0.25, -0.2) is 0 Å². The molecule has 1 aromatic rings. The third kappa shape index (κ3) is 1.92. The summed E-state index contributed by atoms with van der Waals surface area (Å²) in [5.74, 6) is 0. The molecule has 1 aromatic carbocycles. The zero-order valence-corrected chi connectivity index (χ0v) is 9.32. The molecular weight excluding hydrogens is 186 g/mol. The summed E-state index contributed by atoms with van der Waals surface area (Å²) in [6.07, 6.45) is 1.06. The third-order valence-corrected chi connectivity index (χ3v) is 2.92. The van der Waals surface area contributed by atoms with Gasteiger partial charge in [-0.05, 0) is 32.0 Å². The van der Waals surface area contributed by atoms with Crippen LogP contribution in [0.4, 0.5) is 11.4 Å². The molecule has 0 unspecified atom stereocenters. The van der Waals surface area contributed by atoms with Crippen molar-refractivity contribution in [1.29, 1.82) is 0 Å². The molecule has 2 N–H and O–H groups in total. The Balaban J connectivity index is 2.18. The SMILES string of the molecule is CCN1CN(CCCN)c2ccccc21. The fraction of sp³-hybridized carbons (Fsp3) is 0.500. The Hall–Kier alpha value is -1.22. The van der Waals surface area contributed by atoms with E-state index in [0.717, 1.165) is 32.7 Å². The summed E-state index contributed by atoms with van der Waals surface area (Å²) in [6.45, 7) is 6.10. The number of fused-ring (bicyclic) bond motifs is 1. The summed E-state index contributed by atoms with van der Waals surface area (Å²) >= 11 is 0. The van der Waals surface area contributed by atoms with Gasteiger partial charge in [0.1, 0.15) is 0 Å². The molecule has 0 spiro atoms. The molecule has 3 nitrogen and oxygen atoms in total. The second-order valence-electron chi connectivity index (χ2n) is 3.89. The van der Waals surface area contributed by atoms with E-state index in [1.54, 1.807) is 0 Å². The quantitative estimate of drug-likeness (QED) is 0.811. The molecule has 0 amide bonds. The summed E-state index contributed by atoms with van der Waals surface area (Å²) < 4.78 is 0. The van der Waals surface area contributed by atoms with E-state index < -0.39 is 0 Å². The van der Waals surface area contributed by atoms with Crippen LogP contribution in [0.15, 0.2) is 24.3 Å². The van der Waals surface area contributed by atoms with Crippen LogP contribution in [0.5, 0.6) is 0 Å². The number of hydrogen-bond acceptors (Lipinski definition) is 3. The maximum Gasteiger partial charge on any atom is 0.0904 e. The van der Waals surface area contributed by atoms with Gasteiger partial charge >= 0.3 is 0 Å². The van der Waals surface area contributed by atoms with Gasteiger partial charge in [0.2, 0.25) is 0 Å². The van der Waals surface area contributed by atoms with Gasteiger partial charge in [0.25, 0.3) is 0 Å². The highest BCUT2D eigenvalue weighted by atomic mass is 15.4. The maximum absolute atomic E-state index is 5.55. The van der Waals surface area contributed by atoms with Crippen molar-refractivity contribution in [2.24, 2.45) is 5.73 Å². The third-order valence-electron chi connectivity index (χ3n) is 2.92. The first-order valence-corrected chi connectivity index (χ1v) is 5.65. The Morgan fingerprint density at radius 2 is 1.87 bits per heavy atom. The molecule has 1 aliphatic rings.